The molecule has 166 valence electrons. The molecule has 2 aromatic carbocycles. The summed E-state index contributed by atoms with van der Waals surface area (Å²) in [6.07, 6.45) is 0.385. The lowest BCUT2D eigenvalue weighted by atomic mass is 10.1. The van der Waals surface area contributed by atoms with Crippen LogP contribution in [0.5, 0.6) is 0 Å². The van der Waals surface area contributed by atoms with Crippen molar-refractivity contribution in [3.63, 3.8) is 0 Å². The lowest BCUT2D eigenvalue weighted by molar-refractivity contribution is -0.117. The highest BCUT2D eigenvalue weighted by Gasteiger charge is 2.34. The molecule has 1 saturated heterocycles. The third-order valence-electron chi connectivity index (χ3n) is 5.22. The SMILES string of the molecule is COCCSc1ccccc1C(=O)Nc1nnc([C@@H]2CC(=O)N(c3ccccc3C)C2)s1. The monoisotopic (exact) mass is 468 g/mol. The number of thioether (sulfide) groups is 1. The molecular weight excluding hydrogens is 444 g/mol. The Morgan fingerprint density at radius 1 is 1.22 bits per heavy atom. The lowest BCUT2D eigenvalue weighted by Gasteiger charge is -2.18. The summed E-state index contributed by atoms with van der Waals surface area (Å²) in [5.74, 6) is 0.572. The summed E-state index contributed by atoms with van der Waals surface area (Å²) in [7, 11) is 1.66. The molecule has 9 heteroatoms. The molecule has 1 atom stereocenters. The number of amides is 2. The highest BCUT2D eigenvalue weighted by molar-refractivity contribution is 7.99. The van der Waals surface area contributed by atoms with E-state index >= 15 is 0 Å². The molecule has 1 N–H and O–H groups in total. The number of hydrogen-bond acceptors (Lipinski definition) is 7. The number of hydrogen-bond donors (Lipinski definition) is 1. The Morgan fingerprint density at radius 2 is 2.00 bits per heavy atom. The van der Waals surface area contributed by atoms with Crippen molar-refractivity contribution in [1.29, 1.82) is 0 Å². The fraction of sp³-hybridized carbons (Fsp3) is 0.304. The molecular formula is C23H24N4O3S2. The van der Waals surface area contributed by atoms with Gasteiger partial charge >= 0.3 is 0 Å². The van der Waals surface area contributed by atoms with Crippen LogP contribution in [-0.2, 0) is 9.53 Å². The largest absolute Gasteiger partial charge is 0.384 e. The number of nitrogens with one attached hydrogen (secondary N) is 1. The van der Waals surface area contributed by atoms with Gasteiger partial charge in [-0.05, 0) is 30.7 Å². The molecule has 0 spiro atoms. The van der Waals surface area contributed by atoms with Gasteiger partial charge in [0, 0.05) is 42.3 Å². The van der Waals surface area contributed by atoms with E-state index in [-0.39, 0.29) is 17.7 Å². The van der Waals surface area contributed by atoms with Gasteiger partial charge in [-0.15, -0.1) is 22.0 Å². The first-order valence-electron chi connectivity index (χ1n) is 10.3. The normalized spacial score (nSPS) is 15.9. The quantitative estimate of drug-likeness (QED) is 0.391. The molecule has 32 heavy (non-hydrogen) atoms. The van der Waals surface area contributed by atoms with Crippen molar-refractivity contribution in [1.82, 2.24) is 10.2 Å². The summed E-state index contributed by atoms with van der Waals surface area (Å²) in [5, 5.41) is 12.5. The molecule has 7 nitrogen and oxygen atoms in total. The van der Waals surface area contributed by atoms with E-state index in [2.05, 4.69) is 15.5 Å². The van der Waals surface area contributed by atoms with Crippen molar-refractivity contribution in [3.05, 3.63) is 64.7 Å². The molecule has 1 aromatic heterocycles. The van der Waals surface area contributed by atoms with Crippen molar-refractivity contribution in [2.45, 2.75) is 24.2 Å². The van der Waals surface area contributed by atoms with Crippen LogP contribution in [0.25, 0.3) is 0 Å². The number of carbonyl (C=O) groups excluding carboxylic acids is 2. The summed E-state index contributed by atoms with van der Waals surface area (Å²) in [6.45, 7) is 3.17. The van der Waals surface area contributed by atoms with Crippen LogP contribution >= 0.6 is 23.1 Å². The first-order valence-corrected chi connectivity index (χ1v) is 12.1. The van der Waals surface area contributed by atoms with Crippen LogP contribution in [0.15, 0.2) is 53.4 Å². The summed E-state index contributed by atoms with van der Waals surface area (Å²) in [6, 6.07) is 15.3. The van der Waals surface area contributed by atoms with Crippen molar-refractivity contribution in [3.8, 4) is 0 Å². The predicted molar refractivity (Wildman–Crippen MR) is 128 cm³/mol. The number of carbonyl (C=O) groups is 2. The summed E-state index contributed by atoms with van der Waals surface area (Å²) < 4.78 is 5.10. The Bertz CT molecular complexity index is 1120. The van der Waals surface area contributed by atoms with Gasteiger partial charge in [0.25, 0.3) is 5.91 Å². The fourth-order valence-corrected chi connectivity index (χ4v) is 5.39. The number of rotatable bonds is 8. The third-order valence-corrected chi connectivity index (χ3v) is 7.26. The first kappa shape index (κ1) is 22.4. The second-order valence-electron chi connectivity index (χ2n) is 7.43. The van der Waals surface area contributed by atoms with Gasteiger partial charge in [0.15, 0.2) is 0 Å². The van der Waals surface area contributed by atoms with E-state index in [1.54, 1.807) is 24.9 Å². The number of aromatic nitrogens is 2. The fourth-order valence-electron chi connectivity index (χ4n) is 3.60. The number of benzene rings is 2. The molecule has 1 fully saturated rings. The molecule has 0 saturated carbocycles. The van der Waals surface area contributed by atoms with E-state index in [9.17, 15) is 9.59 Å². The van der Waals surface area contributed by atoms with E-state index in [1.807, 2.05) is 54.3 Å². The standard InChI is InChI=1S/C23H24N4O3S2/c1-15-7-3-5-9-18(15)27-14-16(13-20(27)28)22-25-26-23(32-22)24-21(29)17-8-4-6-10-19(17)31-12-11-30-2/h3-10,16H,11-14H2,1-2H3,(H,24,26,29)/t16-/m1/s1. The second-order valence-corrected chi connectivity index (χ2v) is 9.57. The minimum atomic E-state index is -0.225. The molecule has 2 amide bonds. The average Bonchev–Trinajstić information content (AvgIpc) is 3.41. The molecule has 4 rings (SSSR count). The zero-order valence-electron chi connectivity index (χ0n) is 17.9. The van der Waals surface area contributed by atoms with Crippen molar-refractivity contribution in [2.24, 2.45) is 0 Å². The van der Waals surface area contributed by atoms with Gasteiger partial charge in [0.1, 0.15) is 5.01 Å². The van der Waals surface area contributed by atoms with Crippen LogP contribution < -0.4 is 10.2 Å². The van der Waals surface area contributed by atoms with E-state index in [0.717, 1.165) is 26.9 Å². The Labute approximate surface area is 195 Å². The number of anilines is 2. The lowest BCUT2D eigenvalue weighted by Crippen LogP contribution is -2.25. The predicted octanol–water partition coefficient (Wildman–Crippen LogP) is 4.36. The Balaban J connectivity index is 1.43. The third kappa shape index (κ3) is 5.01. The van der Waals surface area contributed by atoms with Gasteiger partial charge in [-0.3, -0.25) is 14.9 Å². The van der Waals surface area contributed by atoms with Crippen LogP contribution in [0.2, 0.25) is 0 Å². The highest BCUT2D eigenvalue weighted by Crippen LogP contribution is 2.35. The van der Waals surface area contributed by atoms with Crippen molar-refractivity contribution >= 4 is 45.7 Å². The van der Waals surface area contributed by atoms with Crippen molar-refractivity contribution < 1.29 is 14.3 Å². The molecule has 0 aliphatic carbocycles. The van der Waals surface area contributed by atoms with E-state index < -0.39 is 0 Å². The Kier molecular flexibility index (Phi) is 7.19. The van der Waals surface area contributed by atoms with Crippen LogP contribution in [0.4, 0.5) is 10.8 Å². The van der Waals surface area contributed by atoms with Crippen LogP contribution in [0.1, 0.15) is 33.3 Å². The Morgan fingerprint density at radius 3 is 2.81 bits per heavy atom. The minimum absolute atomic E-state index is 0.0397. The second kappa shape index (κ2) is 10.2. The summed E-state index contributed by atoms with van der Waals surface area (Å²) >= 11 is 2.90. The molecule has 0 bridgehead atoms. The maximum absolute atomic E-state index is 12.8. The van der Waals surface area contributed by atoms with Gasteiger partial charge < -0.3 is 9.64 Å². The maximum atomic E-state index is 12.8. The average molecular weight is 469 g/mol. The number of aryl methyl sites for hydroxylation is 1. The van der Waals surface area contributed by atoms with Gasteiger partial charge in [-0.1, -0.05) is 41.7 Å². The van der Waals surface area contributed by atoms with Crippen LogP contribution in [0.3, 0.4) is 0 Å². The molecule has 1 aliphatic rings. The van der Waals surface area contributed by atoms with Gasteiger partial charge in [-0.25, -0.2) is 0 Å². The molecule has 3 aromatic rings. The highest BCUT2D eigenvalue weighted by atomic mass is 32.2. The molecule has 0 radical (unpaired) electrons. The number of nitrogens with zero attached hydrogens (tertiary/aromatic N) is 3. The van der Waals surface area contributed by atoms with Crippen LogP contribution in [-0.4, -0.2) is 48.0 Å². The number of para-hydroxylation sites is 1. The minimum Gasteiger partial charge on any atom is -0.384 e. The van der Waals surface area contributed by atoms with Gasteiger partial charge in [-0.2, -0.15) is 0 Å². The van der Waals surface area contributed by atoms with E-state index in [0.29, 0.717) is 30.3 Å². The summed E-state index contributed by atoms with van der Waals surface area (Å²) in [4.78, 5) is 28.2. The maximum Gasteiger partial charge on any atom is 0.258 e. The topological polar surface area (TPSA) is 84.4 Å². The summed E-state index contributed by atoms with van der Waals surface area (Å²) in [5.41, 5.74) is 2.58. The van der Waals surface area contributed by atoms with E-state index in [1.165, 1.54) is 11.3 Å². The molecule has 0 unspecified atom stereocenters. The van der Waals surface area contributed by atoms with E-state index in [4.69, 9.17) is 4.74 Å². The number of ether oxygens (including phenoxy) is 1. The molecule has 2 heterocycles. The van der Waals surface area contributed by atoms with Crippen LogP contribution in [0, 0.1) is 6.92 Å². The number of methoxy groups -OCH3 is 1. The zero-order chi connectivity index (χ0) is 22.5. The zero-order valence-corrected chi connectivity index (χ0v) is 19.5. The molecule has 1 aliphatic heterocycles. The smallest absolute Gasteiger partial charge is 0.258 e. The first-order chi connectivity index (χ1) is 15.6. The van der Waals surface area contributed by atoms with Crippen molar-refractivity contribution in [2.75, 3.05) is 36.2 Å². The Hall–Kier alpha value is -2.75. The van der Waals surface area contributed by atoms with Gasteiger partial charge in [0.05, 0.1) is 12.2 Å². The van der Waals surface area contributed by atoms with Gasteiger partial charge in [0.2, 0.25) is 11.0 Å².